The van der Waals surface area contributed by atoms with Crippen molar-refractivity contribution >= 4 is 5.91 Å². The summed E-state index contributed by atoms with van der Waals surface area (Å²) < 4.78 is 19.6. The molecule has 3 aromatic carbocycles. The van der Waals surface area contributed by atoms with Gasteiger partial charge in [0.05, 0.1) is 0 Å². The first-order chi connectivity index (χ1) is 16.2. The van der Waals surface area contributed by atoms with Crippen LogP contribution in [0, 0.1) is 5.82 Å². The van der Waals surface area contributed by atoms with Gasteiger partial charge in [-0.1, -0.05) is 54.6 Å². The third-order valence-corrected chi connectivity index (χ3v) is 5.27. The minimum Gasteiger partial charge on any atom is -0.489 e. The second-order valence-corrected chi connectivity index (χ2v) is 7.73. The van der Waals surface area contributed by atoms with Crippen LogP contribution in [0.2, 0.25) is 0 Å². The normalized spacial score (nSPS) is 10.6. The van der Waals surface area contributed by atoms with Gasteiger partial charge in [0.25, 0.3) is 5.91 Å². The van der Waals surface area contributed by atoms with Gasteiger partial charge in [-0.15, -0.1) is 0 Å². The van der Waals surface area contributed by atoms with Crippen molar-refractivity contribution in [1.29, 1.82) is 0 Å². The number of aromatic nitrogens is 1. The molecule has 1 heterocycles. The summed E-state index contributed by atoms with van der Waals surface area (Å²) in [6, 6.07) is 29.2. The van der Waals surface area contributed by atoms with Crippen molar-refractivity contribution in [3.63, 3.8) is 0 Å². The number of hydrogen-bond donors (Lipinski definition) is 0. The first-order valence-electron chi connectivity index (χ1n) is 10.9. The summed E-state index contributed by atoms with van der Waals surface area (Å²) in [5, 5.41) is 0. The molecule has 0 unspecified atom stereocenters. The van der Waals surface area contributed by atoms with Crippen molar-refractivity contribution in [1.82, 2.24) is 9.88 Å². The van der Waals surface area contributed by atoms with Gasteiger partial charge in [-0.2, -0.15) is 0 Å². The zero-order chi connectivity index (χ0) is 22.9. The number of carbonyl (C=O) groups excluding carboxylic acids is 1. The minimum absolute atomic E-state index is 0.213. The van der Waals surface area contributed by atoms with Gasteiger partial charge in [0.15, 0.2) is 0 Å². The van der Waals surface area contributed by atoms with Gasteiger partial charge < -0.3 is 9.64 Å². The number of rotatable bonds is 9. The van der Waals surface area contributed by atoms with Crippen LogP contribution >= 0.6 is 0 Å². The second kappa shape index (κ2) is 11.0. The summed E-state index contributed by atoms with van der Waals surface area (Å²) in [5.74, 6) is 0.124. The Balaban J connectivity index is 1.45. The number of carbonyl (C=O) groups is 1. The highest BCUT2D eigenvalue weighted by Gasteiger charge is 2.17. The molecule has 4 aromatic rings. The maximum Gasteiger partial charge on any atom is 0.254 e. The van der Waals surface area contributed by atoms with Gasteiger partial charge in [0.2, 0.25) is 0 Å². The monoisotopic (exact) mass is 440 g/mol. The van der Waals surface area contributed by atoms with Gasteiger partial charge >= 0.3 is 0 Å². The lowest BCUT2D eigenvalue weighted by molar-refractivity contribution is 0.0744. The third-order valence-electron chi connectivity index (χ3n) is 5.27. The lowest BCUT2D eigenvalue weighted by Gasteiger charge is -2.23. The molecule has 0 N–H and O–H groups in total. The fourth-order valence-electron chi connectivity index (χ4n) is 3.50. The van der Waals surface area contributed by atoms with Gasteiger partial charge in [-0.3, -0.25) is 9.78 Å². The van der Waals surface area contributed by atoms with Crippen molar-refractivity contribution < 1.29 is 13.9 Å². The number of hydrogen-bond acceptors (Lipinski definition) is 3. The molecule has 0 aliphatic carbocycles. The molecule has 4 nitrogen and oxygen atoms in total. The summed E-state index contributed by atoms with van der Waals surface area (Å²) in [7, 11) is 0. The van der Waals surface area contributed by atoms with E-state index in [1.54, 1.807) is 23.2 Å². The van der Waals surface area contributed by atoms with Crippen LogP contribution in [0.3, 0.4) is 0 Å². The van der Waals surface area contributed by atoms with E-state index in [-0.39, 0.29) is 5.91 Å². The van der Waals surface area contributed by atoms with E-state index in [4.69, 9.17) is 4.74 Å². The fourth-order valence-corrected chi connectivity index (χ4v) is 3.50. The van der Waals surface area contributed by atoms with Crippen LogP contribution in [0.15, 0.2) is 103 Å². The summed E-state index contributed by atoms with van der Waals surface area (Å²) >= 11 is 0. The van der Waals surface area contributed by atoms with Crippen LogP contribution in [-0.2, 0) is 19.6 Å². The Morgan fingerprint density at radius 3 is 2.36 bits per heavy atom. The van der Waals surface area contributed by atoms with Crippen molar-refractivity contribution in [2.45, 2.75) is 19.6 Å². The van der Waals surface area contributed by atoms with E-state index >= 15 is 0 Å². The standard InChI is InChI=1S/C28H25FN2O2/c29-25-10-6-9-24(19-25)28(32)31(18-16-26-11-4-5-17-30-26)20-22-12-14-27(15-13-22)33-21-23-7-2-1-3-8-23/h1-15,17,19H,16,18,20-21H2. The zero-order valence-corrected chi connectivity index (χ0v) is 18.2. The summed E-state index contributed by atoms with van der Waals surface area (Å²) in [4.78, 5) is 19.2. The molecule has 0 saturated heterocycles. The summed E-state index contributed by atoms with van der Waals surface area (Å²) in [5.41, 5.74) is 3.30. The maximum atomic E-state index is 13.7. The van der Waals surface area contributed by atoms with Crippen molar-refractivity contribution in [2.75, 3.05) is 6.54 Å². The van der Waals surface area contributed by atoms with Crippen molar-refractivity contribution in [3.8, 4) is 5.75 Å². The zero-order valence-electron chi connectivity index (χ0n) is 18.2. The number of nitrogens with zero attached hydrogens (tertiary/aromatic N) is 2. The summed E-state index contributed by atoms with van der Waals surface area (Å²) in [6.45, 7) is 1.37. The molecule has 0 bridgehead atoms. The molecule has 166 valence electrons. The molecule has 33 heavy (non-hydrogen) atoms. The topological polar surface area (TPSA) is 42.4 Å². The molecule has 0 spiro atoms. The van der Waals surface area contributed by atoms with E-state index in [2.05, 4.69) is 4.98 Å². The Morgan fingerprint density at radius 1 is 0.848 bits per heavy atom. The highest BCUT2D eigenvalue weighted by Crippen LogP contribution is 2.17. The first kappa shape index (κ1) is 22.2. The Morgan fingerprint density at radius 2 is 1.64 bits per heavy atom. The van der Waals surface area contributed by atoms with Crippen LogP contribution in [0.25, 0.3) is 0 Å². The first-order valence-corrected chi connectivity index (χ1v) is 10.9. The van der Waals surface area contributed by atoms with Gasteiger partial charge in [-0.25, -0.2) is 4.39 Å². The smallest absolute Gasteiger partial charge is 0.254 e. The molecule has 0 aliphatic rings. The third kappa shape index (κ3) is 6.50. The lowest BCUT2D eigenvalue weighted by atomic mass is 10.1. The van der Waals surface area contributed by atoms with Crippen molar-refractivity contribution in [2.24, 2.45) is 0 Å². The van der Waals surface area contributed by atoms with Gasteiger partial charge in [0.1, 0.15) is 18.2 Å². The predicted molar refractivity (Wildman–Crippen MR) is 126 cm³/mol. The Labute approximate surface area is 193 Å². The Bertz CT molecular complexity index is 1170. The molecule has 1 aromatic heterocycles. The van der Waals surface area contributed by atoms with E-state index in [1.807, 2.05) is 72.8 Å². The molecular weight excluding hydrogens is 415 g/mol. The largest absolute Gasteiger partial charge is 0.489 e. The van der Waals surface area contributed by atoms with Crippen LogP contribution in [0.5, 0.6) is 5.75 Å². The highest BCUT2D eigenvalue weighted by molar-refractivity contribution is 5.94. The van der Waals surface area contributed by atoms with E-state index in [9.17, 15) is 9.18 Å². The molecule has 0 fully saturated rings. The van der Waals surface area contributed by atoms with Crippen LogP contribution in [0.4, 0.5) is 4.39 Å². The van der Waals surface area contributed by atoms with E-state index in [0.717, 1.165) is 22.6 Å². The minimum atomic E-state index is -0.426. The lowest BCUT2D eigenvalue weighted by Crippen LogP contribution is -2.32. The summed E-state index contributed by atoms with van der Waals surface area (Å²) in [6.07, 6.45) is 2.35. The highest BCUT2D eigenvalue weighted by atomic mass is 19.1. The number of pyridine rings is 1. The molecule has 5 heteroatoms. The Kier molecular flexibility index (Phi) is 7.44. The van der Waals surface area contributed by atoms with Gasteiger partial charge in [-0.05, 0) is 53.6 Å². The molecular formula is C28H25FN2O2. The number of amides is 1. The molecule has 4 rings (SSSR count). The second-order valence-electron chi connectivity index (χ2n) is 7.73. The fraction of sp³-hybridized carbons (Fsp3) is 0.143. The van der Waals surface area contributed by atoms with E-state index in [0.29, 0.717) is 31.7 Å². The van der Waals surface area contributed by atoms with Crippen LogP contribution in [0.1, 0.15) is 27.2 Å². The number of halogens is 1. The van der Waals surface area contributed by atoms with Crippen LogP contribution in [-0.4, -0.2) is 22.3 Å². The number of ether oxygens (including phenoxy) is 1. The molecule has 0 radical (unpaired) electrons. The predicted octanol–water partition coefficient (Wildman–Crippen LogP) is 5.68. The molecule has 1 amide bonds. The SMILES string of the molecule is O=C(c1cccc(F)c1)N(CCc1ccccn1)Cc1ccc(OCc2ccccc2)cc1. The molecule has 0 atom stereocenters. The average molecular weight is 441 g/mol. The molecule has 0 saturated carbocycles. The number of benzene rings is 3. The van der Waals surface area contributed by atoms with E-state index in [1.165, 1.54) is 12.1 Å². The molecule has 0 aliphatic heterocycles. The quantitative estimate of drug-likeness (QED) is 0.336. The van der Waals surface area contributed by atoms with Crippen LogP contribution < -0.4 is 4.74 Å². The van der Waals surface area contributed by atoms with Crippen molar-refractivity contribution in [3.05, 3.63) is 131 Å². The Hall–Kier alpha value is -3.99. The van der Waals surface area contributed by atoms with Gasteiger partial charge in [0, 0.05) is 37.0 Å². The average Bonchev–Trinajstić information content (AvgIpc) is 2.87. The van der Waals surface area contributed by atoms with E-state index < -0.39 is 5.82 Å². The maximum absolute atomic E-state index is 13.7.